The van der Waals surface area contributed by atoms with Crippen molar-refractivity contribution in [2.75, 3.05) is 13.1 Å². The number of amides is 1. The number of carbonyl (C=O) groups excluding carboxylic acids is 1. The zero-order valence-corrected chi connectivity index (χ0v) is 10.3. The third-order valence-electron chi connectivity index (χ3n) is 4.20. The summed E-state index contributed by atoms with van der Waals surface area (Å²) in [5.41, 5.74) is 0. The quantitative estimate of drug-likeness (QED) is 0.766. The number of hydrogen-bond donors (Lipinski definition) is 2. The second-order valence-electron chi connectivity index (χ2n) is 5.42. The summed E-state index contributed by atoms with van der Waals surface area (Å²) in [4.78, 5) is 11.8. The van der Waals surface area contributed by atoms with Crippen molar-refractivity contribution in [3.8, 4) is 0 Å². The van der Waals surface area contributed by atoms with Gasteiger partial charge in [0.1, 0.15) is 0 Å². The zero-order chi connectivity index (χ0) is 11.4. The van der Waals surface area contributed by atoms with Gasteiger partial charge in [0, 0.05) is 6.54 Å². The van der Waals surface area contributed by atoms with Crippen molar-refractivity contribution in [3.05, 3.63) is 0 Å². The van der Waals surface area contributed by atoms with Crippen molar-refractivity contribution < 1.29 is 4.79 Å². The van der Waals surface area contributed by atoms with Gasteiger partial charge in [-0.25, -0.2) is 0 Å². The van der Waals surface area contributed by atoms with Gasteiger partial charge in [0.2, 0.25) is 5.91 Å². The van der Waals surface area contributed by atoms with Crippen LogP contribution < -0.4 is 10.6 Å². The van der Waals surface area contributed by atoms with E-state index in [1.165, 1.54) is 25.7 Å². The predicted molar refractivity (Wildman–Crippen MR) is 65.2 cm³/mol. The lowest BCUT2D eigenvalue weighted by molar-refractivity contribution is -0.123. The number of rotatable bonds is 3. The van der Waals surface area contributed by atoms with Crippen LogP contribution in [0.2, 0.25) is 0 Å². The molecule has 0 radical (unpaired) electrons. The van der Waals surface area contributed by atoms with Crippen LogP contribution in [0.25, 0.3) is 0 Å². The van der Waals surface area contributed by atoms with Crippen LogP contribution in [0.3, 0.4) is 0 Å². The maximum absolute atomic E-state index is 11.8. The highest BCUT2D eigenvalue weighted by molar-refractivity contribution is 5.81. The Bertz CT molecular complexity index is 236. The van der Waals surface area contributed by atoms with Gasteiger partial charge in [-0.3, -0.25) is 4.79 Å². The van der Waals surface area contributed by atoms with Gasteiger partial charge in [-0.2, -0.15) is 0 Å². The summed E-state index contributed by atoms with van der Waals surface area (Å²) in [7, 11) is 0. The smallest absolute Gasteiger partial charge is 0.237 e. The molecule has 0 aromatic carbocycles. The summed E-state index contributed by atoms with van der Waals surface area (Å²) < 4.78 is 0. The summed E-state index contributed by atoms with van der Waals surface area (Å²) in [6.45, 7) is 4.21. The minimum atomic E-state index is 0.0823. The molecule has 92 valence electrons. The number of hydrogen-bond acceptors (Lipinski definition) is 2. The molecule has 1 aliphatic heterocycles. The minimum absolute atomic E-state index is 0.0823. The first kappa shape index (κ1) is 11.9. The Morgan fingerprint density at radius 1 is 1.25 bits per heavy atom. The van der Waals surface area contributed by atoms with E-state index in [0.29, 0.717) is 5.92 Å². The van der Waals surface area contributed by atoms with Gasteiger partial charge in [-0.05, 0) is 37.6 Å². The Morgan fingerprint density at radius 2 is 2.06 bits per heavy atom. The molecule has 1 amide bonds. The van der Waals surface area contributed by atoms with E-state index in [1.807, 2.05) is 0 Å². The van der Waals surface area contributed by atoms with Crippen molar-refractivity contribution in [1.29, 1.82) is 0 Å². The summed E-state index contributed by atoms with van der Waals surface area (Å²) in [5, 5.41) is 6.37. The average Bonchev–Trinajstić information content (AvgIpc) is 2.81. The van der Waals surface area contributed by atoms with Gasteiger partial charge in [-0.15, -0.1) is 0 Å². The lowest BCUT2D eigenvalue weighted by atomic mass is 9.80. The van der Waals surface area contributed by atoms with E-state index >= 15 is 0 Å². The SMILES string of the molecule is CC1CCCCC1CNC(=O)[C@H]1CCCN1. The van der Waals surface area contributed by atoms with Crippen molar-refractivity contribution in [3.63, 3.8) is 0 Å². The molecule has 16 heavy (non-hydrogen) atoms. The van der Waals surface area contributed by atoms with Gasteiger partial charge in [0.25, 0.3) is 0 Å². The summed E-state index contributed by atoms with van der Waals surface area (Å²) in [6, 6.07) is 0.0823. The topological polar surface area (TPSA) is 41.1 Å². The van der Waals surface area contributed by atoms with E-state index in [1.54, 1.807) is 0 Å². The Balaban J connectivity index is 1.71. The highest BCUT2D eigenvalue weighted by Gasteiger charge is 2.25. The molecule has 2 N–H and O–H groups in total. The van der Waals surface area contributed by atoms with E-state index in [4.69, 9.17) is 0 Å². The number of nitrogens with one attached hydrogen (secondary N) is 2. The molecule has 2 aliphatic rings. The van der Waals surface area contributed by atoms with Crippen molar-refractivity contribution in [2.24, 2.45) is 11.8 Å². The maximum Gasteiger partial charge on any atom is 0.237 e. The monoisotopic (exact) mass is 224 g/mol. The molecule has 1 aliphatic carbocycles. The van der Waals surface area contributed by atoms with Gasteiger partial charge in [0.15, 0.2) is 0 Å². The van der Waals surface area contributed by atoms with E-state index in [9.17, 15) is 4.79 Å². The standard InChI is InChI=1S/C13H24N2O/c1-10-5-2-3-6-11(10)9-15-13(16)12-7-4-8-14-12/h10-12,14H,2-9H2,1H3,(H,15,16)/t10?,11?,12-/m1/s1. The fraction of sp³-hybridized carbons (Fsp3) is 0.923. The van der Waals surface area contributed by atoms with Crippen LogP contribution in [0.5, 0.6) is 0 Å². The number of carbonyl (C=O) groups is 1. The van der Waals surface area contributed by atoms with Crippen molar-refractivity contribution in [1.82, 2.24) is 10.6 Å². The van der Waals surface area contributed by atoms with E-state index in [0.717, 1.165) is 31.8 Å². The van der Waals surface area contributed by atoms with Crippen molar-refractivity contribution >= 4 is 5.91 Å². The zero-order valence-electron chi connectivity index (χ0n) is 10.3. The molecule has 3 heteroatoms. The van der Waals surface area contributed by atoms with Crippen LogP contribution in [0.1, 0.15) is 45.4 Å². The Labute approximate surface area is 98.4 Å². The normalized spacial score (nSPS) is 34.9. The molecule has 2 unspecified atom stereocenters. The van der Waals surface area contributed by atoms with Gasteiger partial charge >= 0.3 is 0 Å². The van der Waals surface area contributed by atoms with Gasteiger partial charge in [-0.1, -0.05) is 26.2 Å². The van der Waals surface area contributed by atoms with Crippen LogP contribution >= 0.6 is 0 Å². The second-order valence-corrected chi connectivity index (χ2v) is 5.42. The molecule has 1 saturated carbocycles. The Hall–Kier alpha value is -0.570. The largest absolute Gasteiger partial charge is 0.354 e. The fourth-order valence-corrected chi connectivity index (χ4v) is 2.96. The average molecular weight is 224 g/mol. The summed E-state index contributed by atoms with van der Waals surface area (Å²) >= 11 is 0. The third kappa shape index (κ3) is 2.97. The molecule has 3 nitrogen and oxygen atoms in total. The first-order valence-electron chi connectivity index (χ1n) is 6.78. The second kappa shape index (κ2) is 5.67. The van der Waals surface area contributed by atoms with Crippen molar-refractivity contribution in [2.45, 2.75) is 51.5 Å². The highest BCUT2D eigenvalue weighted by Crippen LogP contribution is 2.28. The van der Waals surface area contributed by atoms with Gasteiger partial charge < -0.3 is 10.6 Å². The molecular weight excluding hydrogens is 200 g/mol. The lowest BCUT2D eigenvalue weighted by Gasteiger charge is -2.29. The summed E-state index contributed by atoms with van der Waals surface area (Å²) in [5.74, 6) is 1.71. The molecule has 2 fully saturated rings. The molecule has 2 rings (SSSR count). The fourth-order valence-electron chi connectivity index (χ4n) is 2.96. The Kier molecular flexibility index (Phi) is 4.22. The van der Waals surface area contributed by atoms with E-state index < -0.39 is 0 Å². The molecule has 0 aromatic heterocycles. The molecule has 1 saturated heterocycles. The van der Waals surface area contributed by atoms with E-state index in [-0.39, 0.29) is 11.9 Å². The van der Waals surface area contributed by atoms with Crippen LogP contribution in [0, 0.1) is 11.8 Å². The molecule has 0 aromatic rings. The Morgan fingerprint density at radius 3 is 2.75 bits per heavy atom. The van der Waals surface area contributed by atoms with Gasteiger partial charge in [0.05, 0.1) is 6.04 Å². The molecule has 0 spiro atoms. The molecular formula is C13H24N2O. The minimum Gasteiger partial charge on any atom is -0.354 e. The first-order valence-corrected chi connectivity index (χ1v) is 6.78. The molecule has 0 bridgehead atoms. The predicted octanol–water partition coefficient (Wildman–Crippen LogP) is 1.68. The molecule has 3 atom stereocenters. The van der Waals surface area contributed by atoms with Crippen LogP contribution in [0.15, 0.2) is 0 Å². The first-order chi connectivity index (χ1) is 7.77. The lowest BCUT2D eigenvalue weighted by Crippen LogP contribution is -2.43. The van der Waals surface area contributed by atoms with Crippen LogP contribution in [-0.2, 0) is 4.79 Å². The molecule has 1 heterocycles. The third-order valence-corrected chi connectivity index (χ3v) is 4.20. The van der Waals surface area contributed by atoms with Crippen LogP contribution in [0.4, 0.5) is 0 Å². The maximum atomic E-state index is 11.8. The van der Waals surface area contributed by atoms with Crippen LogP contribution in [-0.4, -0.2) is 25.0 Å². The van der Waals surface area contributed by atoms with E-state index in [2.05, 4.69) is 17.6 Å². The highest BCUT2D eigenvalue weighted by atomic mass is 16.2. The summed E-state index contributed by atoms with van der Waals surface area (Å²) in [6.07, 6.45) is 7.48.